The second kappa shape index (κ2) is 7.80. The lowest BCUT2D eigenvalue weighted by atomic mass is 9.71. The van der Waals surface area contributed by atoms with E-state index in [1.165, 1.54) is 12.1 Å². The lowest BCUT2D eigenvalue weighted by molar-refractivity contribution is -0.139. The Morgan fingerprint density at radius 2 is 2.00 bits per heavy atom. The monoisotopic (exact) mass is 381 g/mol. The van der Waals surface area contributed by atoms with Crippen LogP contribution >= 0.6 is 0 Å². The van der Waals surface area contributed by atoms with Crippen LogP contribution in [0.3, 0.4) is 0 Å². The Bertz CT molecular complexity index is 718. The molecule has 0 heterocycles. The van der Waals surface area contributed by atoms with Crippen molar-refractivity contribution < 1.29 is 23.5 Å². The molecule has 2 saturated carbocycles. The first kappa shape index (κ1) is 19.5. The van der Waals surface area contributed by atoms with Gasteiger partial charge in [-0.15, -0.1) is 0 Å². The number of nitrogens with zero attached hydrogens (tertiary/aromatic N) is 1. The second-order valence-corrected chi connectivity index (χ2v) is 7.44. The SMILES string of the molecule is CCN(CC(=O)O)C1CC(NC(=O)NC2(c3ccc(F)cc3F)CCC2)C1. The van der Waals surface area contributed by atoms with Crippen molar-refractivity contribution in [2.75, 3.05) is 13.1 Å². The molecule has 2 aliphatic carbocycles. The highest BCUT2D eigenvalue weighted by Gasteiger charge is 2.43. The summed E-state index contributed by atoms with van der Waals surface area (Å²) in [6, 6.07) is 3.18. The molecule has 1 aromatic rings. The van der Waals surface area contributed by atoms with Gasteiger partial charge in [0.15, 0.2) is 0 Å². The Labute approximate surface area is 156 Å². The van der Waals surface area contributed by atoms with Gasteiger partial charge in [0, 0.05) is 23.7 Å². The van der Waals surface area contributed by atoms with Crippen LogP contribution in [0.5, 0.6) is 0 Å². The summed E-state index contributed by atoms with van der Waals surface area (Å²) >= 11 is 0. The average molecular weight is 381 g/mol. The minimum Gasteiger partial charge on any atom is -0.480 e. The number of hydrogen-bond donors (Lipinski definition) is 3. The maximum absolute atomic E-state index is 14.2. The molecule has 0 bridgehead atoms. The van der Waals surface area contributed by atoms with Crippen molar-refractivity contribution in [3.05, 3.63) is 35.4 Å². The Hall–Kier alpha value is -2.22. The summed E-state index contributed by atoms with van der Waals surface area (Å²) in [4.78, 5) is 25.2. The molecule has 1 aromatic carbocycles. The van der Waals surface area contributed by atoms with Gasteiger partial charge in [-0.05, 0) is 44.7 Å². The van der Waals surface area contributed by atoms with Gasteiger partial charge in [-0.2, -0.15) is 0 Å². The number of carboxylic acid groups (broad SMARTS) is 1. The van der Waals surface area contributed by atoms with Crippen molar-refractivity contribution in [3.63, 3.8) is 0 Å². The van der Waals surface area contributed by atoms with Gasteiger partial charge in [-0.3, -0.25) is 9.69 Å². The number of likely N-dealkylation sites (N-methyl/N-ethyl adjacent to an activating group) is 1. The first-order valence-electron chi connectivity index (χ1n) is 9.33. The number of aliphatic carboxylic acids is 1. The molecular weight excluding hydrogens is 356 g/mol. The van der Waals surface area contributed by atoms with Gasteiger partial charge in [-0.25, -0.2) is 13.6 Å². The number of halogens is 2. The molecule has 0 saturated heterocycles. The zero-order chi connectivity index (χ0) is 19.6. The number of rotatable bonds is 7. The molecule has 3 rings (SSSR count). The number of amides is 2. The minimum atomic E-state index is -0.862. The summed E-state index contributed by atoms with van der Waals surface area (Å²) in [5.74, 6) is -2.15. The number of benzene rings is 1. The second-order valence-electron chi connectivity index (χ2n) is 7.44. The molecule has 0 atom stereocenters. The van der Waals surface area contributed by atoms with E-state index in [1.54, 1.807) is 0 Å². The Balaban J connectivity index is 1.54. The van der Waals surface area contributed by atoms with Gasteiger partial charge in [0.2, 0.25) is 0 Å². The summed E-state index contributed by atoms with van der Waals surface area (Å²) in [6.45, 7) is 2.55. The van der Waals surface area contributed by atoms with Crippen molar-refractivity contribution in [3.8, 4) is 0 Å². The zero-order valence-corrected chi connectivity index (χ0v) is 15.3. The van der Waals surface area contributed by atoms with Crippen molar-refractivity contribution in [2.45, 2.75) is 56.7 Å². The van der Waals surface area contributed by atoms with E-state index in [2.05, 4.69) is 10.6 Å². The first-order valence-corrected chi connectivity index (χ1v) is 9.33. The highest BCUT2D eigenvalue weighted by Crippen LogP contribution is 2.42. The fourth-order valence-corrected chi connectivity index (χ4v) is 3.99. The molecule has 6 nitrogen and oxygen atoms in total. The molecule has 0 aromatic heterocycles. The Morgan fingerprint density at radius 3 is 2.52 bits per heavy atom. The molecule has 3 N–H and O–H groups in total. The average Bonchev–Trinajstić information content (AvgIpc) is 2.52. The van der Waals surface area contributed by atoms with Crippen LogP contribution in [0.1, 0.15) is 44.6 Å². The van der Waals surface area contributed by atoms with Crippen LogP contribution in [0.2, 0.25) is 0 Å². The highest BCUT2D eigenvalue weighted by atomic mass is 19.1. The summed E-state index contributed by atoms with van der Waals surface area (Å²) in [5, 5.41) is 14.7. The smallest absolute Gasteiger partial charge is 0.317 e. The molecule has 0 aliphatic heterocycles. The van der Waals surface area contributed by atoms with Crippen molar-refractivity contribution in [1.29, 1.82) is 0 Å². The molecule has 0 spiro atoms. The van der Waals surface area contributed by atoms with Crippen LogP contribution in [-0.4, -0.2) is 47.2 Å². The van der Waals surface area contributed by atoms with Gasteiger partial charge in [0.25, 0.3) is 0 Å². The number of hydrogen-bond acceptors (Lipinski definition) is 3. The fraction of sp³-hybridized carbons (Fsp3) is 0.579. The van der Waals surface area contributed by atoms with E-state index in [1.807, 2.05) is 11.8 Å². The largest absolute Gasteiger partial charge is 0.480 e. The number of carboxylic acids is 1. The van der Waals surface area contributed by atoms with E-state index in [4.69, 9.17) is 5.11 Å². The van der Waals surface area contributed by atoms with Crippen LogP contribution in [0.25, 0.3) is 0 Å². The molecule has 0 radical (unpaired) electrons. The number of carbonyl (C=O) groups excluding carboxylic acids is 1. The standard InChI is InChI=1S/C19H25F2N3O3/c1-2-24(11-17(25)26)14-9-13(10-14)22-18(27)23-19(6-3-7-19)15-5-4-12(20)8-16(15)21/h4-5,8,13-14H,2-3,6-7,9-11H2,1H3,(H,25,26)(H2,22,23,27). The number of urea groups is 1. The van der Waals surface area contributed by atoms with E-state index >= 15 is 0 Å². The van der Waals surface area contributed by atoms with E-state index < -0.39 is 23.1 Å². The quantitative estimate of drug-likeness (QED) is 0.678. The number of nitrogens with one attached hydrogen (secondary N) is 2. The zero-order valence-electron chi connectivity index (χ0n) is 15.3. The number of carbonyl (C=O) groups is 2. The van der Waals surface area contributed by atoms with E-state index in [-0.39, 0.29) is 24.7 Å². The van der Waals surface area contributed by atoms with Crippen LogP contribution in [0, 0.1) is 11.6 Å². The van der Waals surface area contributed by atoms with E-state index in [0.29, 0.717) is 37.8 Å². The first-order chi connectivity index (χ1) is 12.8. The van der Waals surface area contributed by atoms with Crippen molar-refractivity contribution in [2.24, 2.45) is 0 Å². The Kier molecular flexibility index (Phi) is 5.64. The Morgan fingerprint density at radius 1 is 1.30 bits per heavy atom. The van der Waals surface area contributed by atoms with Gasteiger partial charge >= 0.3 is 12.0 Å². The van der Waals surface area contributed by atoms with Gasteiger partial charge in [0.05, 0.1) is 12.1 Å². The van der Waals surface area contributed by atoms with Gasteiger partial charge in [0.1, 0.15) is 11.6 Å². The summed E-state index contributed by atoms with van der Waals surface area (Å²) in [7, 11) is 0. The fourth-order valence-electron chi connectivity index (χ4n) is 3.99. The topological polar surface area (TPSA) is 81.7 Å². The van der Waals surface area contributed by atoms with Gasteiger partial charge in [-0.1, -0.05) is 13.0 Å². The molecular formula is C19H25F2N3O3. The summed E-state index contributed by atoms with van der Waals surface area (Å²) in [6.07, 6.45) is 3.46. The minimum absolute atomic E-state index is 0.00691. The van der Waals surface area contributed by atoms with Gasteiger partial charge < -0.3 is 15.7 Å². The molecule has 8 heteroatoms. The maximum atomic E-state index is 14.2. The predicted octanol–water partition coefficient (Wildman–Crippen LogP) is 2.58. The third-order valence-corrected chi connectivity index (χ3v) is 5.72. The third kappa shape index (κ3) is 4.21. The third-order valence-electron chi connectivity index (χ3n) is 5.72. The van der Waals surface area contributed by atoms with Crippen LogP contribution in [0.4, 0.5) is 13.6 Å². The highest BCUT2D eigenvalue weighted by molar-refractivity contribution is 5.76. The van der Waals surface area contributed by atoms with E-state index in [0.717, 1.165) is 12.5 Å². The van der Waals surface area contributed by atoms with Crippen molar-refractivity contribution >= 4 is 12.0 Å². The molecule has 2 amide bonds. The lowest BCUT2D eigenvalue weighted by Crippen LogP contribution is -2.60. The summed E-state index contributed by atoms with van der Waals surface area (Å²) in [5.41, 5.74) is -0.473. The molecule has 2 fully saturated rings. The van der Waals surface area contributed by atoms with Crippen LogP contribution in [0.15, 0.2) is 18.2 Å². The molecule has 0 unspecified atom stereocenters. The molecule has 2 aliphatic rings. The maximum Gasteiger partial charge on any atom is 0.317 e. The van der Waals surface area contributed by atoms with Crippen LogP contribution < -0.4 is 10.6 Å². The normalized spacial score (nSPS) is 23.3. The lowest BCUT2D eigenvalue weighted by Gasteiger charge is -2.45. The van der Waals surface area contributed by atoms with Crippen molar-refractivity contribution in [1.82, 2.24) is 15.5 Å². The van der Waals surface area contributed by atoms with Crippen LogP contribution in [-0.2, 0) is 10.3 Å². The predicted molar refractivity (Wildman–Crippen MR) is 95.2 cm³/mol. The van der Waals surface area contributed by atoms with E-state index in [9.17, 15) is 18.4 Å². The molecule has 148 valence electrons. The summed E-state index contributed by atoms with van der Waals surface area (Å²) < 4.78 is 27.4. The molecule has 27 heavy (non-hydrogen) atoms.